The van der Waals surface area contributed by atoms with E-state index in [2.05, 4.69) is 11.8 Å². The second-order valence-corrected chi connectivity index (χ2v) is 7.44. The van der Waals surface area contributed by atoms with E-state index in [0.717, 1.165) is 44.7 Å². The van der Waals surface area contributed by atoms with Crippen molar-refractivity contribution in [1.82, 2.24) is 9.80 Å². The van der Waals surface area contributed by atoms with E-state index in [0.29, 0.717) is 12.1 Å². The van der Waals surface area contributed by atoms with E-state index in [1.807, 2.05) is 30.0 Å². The van der Waals surface area contributed by atoms with Crippen LogP contribution in [0.25, 0.3) is 0 Å². The Morgan fingerprint density at radius 1 is 1.26 bits per heavy atom. The summed E-state index contributed by atoms with van der Waals surface area (Å²) in [4.78, 5) is 17.4. The van der Waals surface area contributed by atoms with Crippen LogP contribution >= 0.6 is 0 Å². The Morgan fingerprint density at radius 3 is 2.63 bits per heavy atom. The summed E-state index contributed by atoms with van der Waals surface area (Å²) in [5.74, 6) is 0.885. The summed E-state index contributed by atoms with van der Waals surface area (Å²) in [5, 5.41) is 0. The molecular formula is C22H29FN2O2. The van der Waals surface area contributed by atoms with Crippen molar-refractivity contribution in [3.63, 3.8) is 0 Å². The molecule has 146 valence electrons. The number of halogens is 1. The fourth-order valence-corrected chi connectivity index (χ4v) is 3.68. The third-order valence-corrected chi connectivity index (χ3v) is 5.60. The van der Waals surface area contributed by atoms with Crippen LogP contribution in [-0.4, -0.2) is 34.8 Å². The van der Waals surface area contributed by atoms with Crippen molar-refractivity contribution >= 4 is 5.91 Å². The first-order valence-corrected chi connectivity index (χ1v) is 9.87. The zero-order valence-electron chi connectivity index (χ0n) is 16.2. The SMILES string of the molecule is CCC(C)N(Cc1ccccc1F)C(=O)C1CCN(Cc2ccco2)CC1. The lowest BCUT2D eigenvalue weighted by Gasteiger charge is -2.36. The maximum atomic E-state index is 14.1. The molecule has 2 aromatic rings. The molecule has 1 saturated heterocycles. The normalized spacial score (nSPS) is 17.0. The number of benzene rings is 1. The van der Waals surface area contributed by atoms with Crippen LogP contribution in [0.15, 0.2) is 47.1 Å². The lowest BCUT2D eigenvalue weighted by molar-refractivity contribution is -0.140. The molecule has 1 aliphatic heterocycles. The van der Waals surface area contributed by atoms with E-state index >= 15 is 0 Å². The van der Waals surface area contributed by atoms with Gasteiger partial charge in [0.15, 0.2) is 0 Å². The molecule has 4 nitrogen and oxygen atoms in total. The summed E-state index contributed by atoms with van der Waals surface area (Å²) >= 11 is 0. The smallest absolute Gasteiger partial charge is 0.226 e. The third-order valence-electron chi connectivity index (χ3n) is 5.60. The van der Waals surface area contributed by atoms with E-state index < -0.39 is 0 Å². The van der Waals surface area contributed by atoms with Gasteiger partial charge in [-0.05, 0) is 57.5 Å². The number of piperidine rings is 1. The van der Waals surface area contributed by atoms with Gasteiger partial charge in [0.05, 0.1) is 12.8 Å². The molecule has 1 aliphatic rings. The van der Waals surface area contributed by atoms with Crippen molar-refractivity contribution < 1.29 is 13.6 Å². The van der Waals surface area contributed by atoms with E-state index in [9.17, 15) is 9.18 Å². The molecular weight excluding hydrogens is 343 g/mol. The van der Waals surface area contributed by atoms with Gasteiger partial charge in [0.1, 0.15) is 11.6 Å². The maximum absolute atomic E-state index is 14.1. The number of carbonyl (C=O) groups is 1. The van der Waals surface area contributed by atoms with Crippen molar-refractivity contribution in [1.29, 1.82) is 0 Å². The second kappa shape index (κ2) is 9.18. The van der Waals surface area contributed by atoms with Gasteiger partial charge in [-0.25, -0.2) is 4.39 Å². The Kier molecular flexibility index (Phi) is 6.67. The van der Waals surface area contributed by atoms with E-state index in [-0.39, 0.29) is 23.7 Å². The molecule has 0 bridgehead atoms. The molecule has 1 aromatic carbocycles. The Balaban J connectivity index is 1.62. The molecule has 0 spiro atoms. The number of hydrogen-bond acceptors (Lipinski definition) is 3. The van der Waals surface area contributed by atoms with E-state index in [4.69, 9.17) is 4.42 Å². The first kappa shape index (κ1) is 19.6. The van der Waals surface area contributed by atoms with Crippen molar-refractivity contribution in [2.24, 2.45) is 5.92 Å². The van der Waals surface area contributed by atoms with Gasteiger partial charge in [0.25, 0.3) is 0 Å². The van der Waals surface area contributed by atoms with Crippen LogP contribution in [-0.2, 0) is 17.9 Å². The molecule has 0 radical (unpaired) electrons. The van der Waals surface area contributed by atoms with Crippen LogP contribution in [0.4, 0.5) is 4.39 Å². The summed E-state index contributed by atoms with van der Waals surface area (Å²) in [6, 6.07) is 10.7. The molecule has 3 rings (SSSR count). The molecule has 1 atom stereocenters. The lowest BCUT2D eigenvalue weighted by atomic mass is 9.94. The topological polar surface area (TPSA) is 36.7 Å². The number of carbonyl (C=O) groups excluding carboxylic acids is 1. The first-order valence-electron chi connectivity index (χ1n) is 9.87. The molecule has 2 heterocycles. The van der Waals surface area contributed by atoms with Crippen LogP contribution in [0, 0.1) is 11.7 Å². The van der Waals surface area contributed by atoms with Gasteiger partial charge in [-0.2, -0.15) is 0 Å². The van der Waals surface area contributed by atoms with Gasteiger partial charge in [-0.1, -0.05) is 25.1 Å². The highest BCUT2D eigenvalue weighted by molar-refractivity contribution is 5.79. The molecule has 27 heavy (non-hydrogen) atoms. The van der Waals surface area contributed by atoms with Gasteiger partial charge in [-0.15, -0.1) is 0 Å². The Labute approximate surface area is 161 Å². The van der Waals surface area contributed by atoms with Crippen LogP contribution < -0.4 is 0 Å². The number of hydrogen-bond donors (Lipinski definition) is 0. The fraction of sp³-hybridized carbons (Fsp3) is 0.500. The van der Waals surface area contributed by atoms with Crippen LogP contribution in [0.3, 0.4) is 0 Å². The largest absolute Gasteiger partial charge is 0.468 e. The Hall–Kier alpha value is -2.14. The molecule has 0 saturated carbocycles. The quantitative estimate of drug-likeness (QED) is 0.720. The van der Waals surface area contributed by atoms with Crippen LogP contribution in [0.1, 0.15) is 44.4 Å². The summed E-state index contributed by atoms with van der Waals surface area (Å²) in [7, 11) is 0. The lowest BCUT2D eigenvalue weighted by Crippen LogP contribution is -2.45. The first-order chi connectivity index (χ1) is 13.1. The summed E-state index contributed by atoms with van der Waals surface area (Å²) < 4.78 is 19.5. The number of amides is 1. The minimum atomic E-state index is -0.244. The summed E-state index contributed by atoms with van der Waals surface area (Å²) in [5.41, 5.74) is 0.585. The molecule has 1 amide bonds. The maximum Gasteiger partial charge on any atom is 0.226 e. The van der Waals surface area contributed by atoms with Gasteiger partial charge in [0, 0.05) is 24.1 Å². The predicted octanol–water partition coefficient (Wildman–Crippen LogP) is 4.46. The number of likely N-dealkylation sites (tertiary alicyclic amines) is 1. The third kappa shape index (κ3) is 4.98. The predicted molar refractivity (Wildman–Crippen MR) is 103 cm³/mol. The van der Waals surface area contributed by atoms with Gasteiger partial charge >= 0.3 is 0 Å². The molecule has 5 heteroatoms. The van der Waals surface area contributed by atoms with E-state index in [1.54, 1.807) is 18.4 Å². The molecule has 0 N–H and O–H groups in total. The Morgan fingerprint density at radius 2 is 2.00 bits per heavy atom. The van der Waals surface area contributed by atoms with Gasteiger partial charge < -0.3 is 9.32 Å². The monoisotopic (exact) mass is 372 g/mol. The molecule has 1 fully saturated rings. The fourth-order valence-electron chi connectivity index (χ4n) is 3.68. The number of rotatable bonds is 7. The van der Waals surface area contributed by atoms with Gasteiger partial charge in [0.2, 0.25) is 5.91 Å². The van der Waals surface area contributed by atoms with Crippen molar-refractivity contribution in [2.45, 2.75) is 52.2 Å². The summed E-state index contributed by atoms with van der Waals surface area (Å²) in [6.45, 7) is 7.00. The molecule has 0 aliphatic carbocycles. The average Bonchev–Trinajstić information content (AvgIpc) is 3.20. The van der Waals surface area contributed by atoms with Crippen molar-refractivity contribution in [3.8, 4) is 0 Å². The second-order valence-electron chi connectivity index (χ2n) is 7.44. The zero-order chi connectivity index (χ0) is 19.2. The number of furan rings is 1. The van der Waals surface area contributed by atoms with E-state index in [1.165, 1.54) is 6.07 Å². The molecule has 1 unspecified atom stereocenters. The average molecular weight is 372 g/mol. The molecule has 1 aromatic heterocycles. The van der Waals surface area contributed by atoms with Crippen molar-refractivity contribution in [3.05, 3.63) is 59.8 Å². The number of nitrogens with zero attached hydrogens (tertiary/aromatic N) is 2. The zero-order valence-corrected chi connectivity index (χ0v) is 16.2. The highest BCUT2D eigenvalue weighted by Gasteiger charge is 2.31. The summed E-state index contributed by atoms with van der Waals surface area (Å²) in [6.07, 6.45) is 4.23. The highest BCUT2D eigenvalue weighted by atomic mass is 19.1. The van der Waals surface area contributed by atoms with Gasteiger partial charge in [-0.3, -0.25) is 9.69 Å². The minimum absolute atomic E-state index is 0.0126. The minimum Gasteiger partial charge on any atom is -0.468 e. The Bertz CT molecular complexity index is 724. The standard InChI is InChI=1S/C22H29FN2O2/c1-3-17(2)25(15-19-7-4-5-9-21(19)23)22(26)18-10-12-24(13-11-18)16-20-8-6-14-27-20/h4-9,14,17-18H,3,10-13,15-16H2,1-2H3. The van der Waals surface area contributed by atoms with Crippen LogP contribution in [0.5, 0.6) is 0 Å². The van der Waals surface area contributed by atoms with Crippen LogP contribution in [0.2, 0.25) is 0 Å². The van der Waals surface area contributed by atoms with Crippen molar-refractivity contribution in [2.75, 3.05) is 13.1 Å². The highest BCUT2D eigenvalue weighted by Crippen LogP contribution is 2.24.